The monoisotopic (exact) mass is 191 g/mol. The van der Waals surface area contributed by atoms with E-state index in [1.807, 2.05) is 0 Å². The number of nitrogens with zero attached hydrogens (tertiary/aromatic N) is 4. The molecular formula is C9H13N5. The van der Waals surface area contributed by atoms with Gasteiger partial charge in [-0.2, -0.15) is 4.80 Å². The highest BCUT2D eigenvalue weighted by Gasteiger charge is 2.33. The molecule has 14 heavy (non-hydrogen) atoms. The van der Waals surface area contributed by atoms with E-state index in [2.05, 4.69) is 26.8 Å². The third-order valence-electron chi connectivity index (χ3n) is 3.08. The van der Waals surface area contributed by atoms with Crippen molar-refractivity contribution in [1.82, 2.24) is 25.5 Å². The minimum Gasteiger partial charge on any atom is -0.316 e. The lowest BCUT2D eigenvalue weighted by Crippen LogP contribution is -2.09. The van der Waals surface area contributed by atoms with Gasteiger partial charge in [0.05, 0.1) is 7.05 Å². The van der Waals surface area contributed by atoms with Crippen LogP contribution in [-0.4, -0.2) is 33.3 Å². The number of rotatable bonds is 1. The van der Waals surface area contributed by atoms with Gasteiger partial charge in [0.25, 0.3) is 0 Å². The smallest absolute Gasteiger partial charge is 0.200 e. The SMILES string of the molecule is Cn1nnc(C2=CC3CNCC3C2)n1. The molecule has 0 spiro atoms. The summed E-state index contributed by atoms with van der Waals surface area (Å²) < 4.78 is 0. The molecule has 0 aromatic carbocycles. The third kappa shape index (κ3) is 1.16. The van der Waals surface area contributed by atoms with Crippen molar-refractivity contribution in [2.75, 3.05) is 13.1 Å². The molecule has 5 nitrogen and oxygen atoms in total. The summed E-state index contributed by atoms with van der Waals surface area (Å²) in [6.45, 7) is 2.24. The van der Waals surface area contributed by atoms with Crippen molar-refractivity contribution in [3.8, 4) is 0 Å². The summed E-state index contributed by atoms with van der Waals surface area (Å²) in [4.78, 5) is 1.52. The average Bonchev–Trinajstić information content (AvgIpc) is 2.75. The Balaban J connectivity index is 1.87. The van der Waals surface area contributed by atoms with Crippen LogP contribution in [-0.2, 0) is 7.05 Å². The van der Waals surface area contributed by atoms with Gasteiger partial charge in [0, 0.05) is 6.54 Å². The zero-order valence-corrected chi connectivity index (χ0v) is 8.14. The molecule has 3 rings (SSSR count). The molecule has 2 aliphatic rings. The number of aromatic nitrogens is 4. The summed E-state index contributed by atoms with van der Waals surface area (Å²) in [6, 6.07) is 0. The van der Waals surface area contributed by atoms with E-state index in [1.165, 1.54) is 10.4 Å². The van der Waals surface area contributed by atoms with E-state index in [0.29, 0.717) is 5.92 Å². The largest absolute Gasteiger partial charge is 0.316 e. The van der Waals surface area contributed by atoms with Crippen LogP contribution in [0.2, 0.25) is 0 Å². The minimum atomic E-state index is 0.689. The number of allylic oxidation sites excluding steroid dienone is 1. The van der Waals surface area contributed by atoms with E-state index in [4.69, 9.17) is 0 Å². The average molecular weight is 191 g/mol. The van der Waals surface area contributed by atoms with Crippen molar-refractivity contribution in [1.29, 1.82) is 0 Å². The van der Waals surface area contributed by atoms with Crippen LogP contribution < -0.4 is 5.32 Å². The molecule has 1 aliphatic carbocycles. The summed E-state index contributed by atoms with van der Waals surface area (Å²) in [6.07, 6.45) is 3.41. The van der Waals surface area contributed by atoms with Crippen molar-refractivity contribution in [2.24, 2.45) is 18.9 Å². The van der Waals surface area contributed by atoms with Crippen LogP contribution >= 0.6 is 0 Å². The first-order valence-electron chi connectivity index (χ1n) is 4.99. The first kappa shape index (κ1) is 8.11. The molecule has 2 unspecified atom stereocenters. The van der Waals surface area contributed by atoms with Crippen molar-refractivity contribution in [3.63, 3.8) is 0 Å². The van der Waals surface area contributed by atoms with Crippen molar-refractivity contribution in [3.05, 3.63) is 11.9 Å². The fourth-order valence-electron chi connectivity index (χ4n) is 2.36. The maximum absolute atomic E-state index is 4.23. The van der Waals surface area contributed by atoms with Crippen LogP contribution in [0.3, 0.4) is 0 Å². The molecule has 0 amide bonds. The molecule has 0 radical (unpaired) electrons. The summed E-state index contributed by atoms with van der Waals surface area (Å²) in [5.74, 6) is 2.25. The van der Waals surface area contributed by atoms with Gasteiger partial charge in [0.2, 0.25) is 5.82 Å². The summed E-state index contributed by atoms with van der Waals surface area (Å²) in [5, 5.41) is 15.5. The van der Waals surface area contributed by atoms with Gasteiger partial charge in [0.15, 0.2) is 0 Å². The van der Waals surface area contributed by atoms with E-state index >= 15 is 0 Å². The second kappa shape index (κ2) is 2.88. The summed E-state index contributed by atoms with van der Waals surface area (Å²) in [5.41, 5.74) is 1.27. The van der Waals surface area contributed by atoms with Gasteiger partial charge in [-0.3, -0.25) is 0 Å². The van der Waals surface area contributed by atoms with E-state index in [1.54, 1.807) is 7.05 Å². The number of hydrogen-bond donors (Lipinski definition) is 1. The maximum atomic E-state index is 4.23. The van der Waals surface area contributed by atoms with E-state index < -0.39 is 0 Å². The van der Waals surface area contributed by atoms with Crippen LogP contribution in [0.5, 0.6) is 0 Å². The van der Waals surface area contributed by atoms with Crippen LogP contribution in [0.4, 0.5) is 0 Å². The van der Waals surface area contributed by atoms with Gasteiger partial charge in [-0.1, -0.05) is 6.08 Å². The maximum Gasteiger partial charge on any atom is 0.200 e. The molecule has 5 heteroatoms. The number of hydrogen-bond acceptors (Lipinski definition) is 4. The first-order valence-corrected chi connectivity index (χ1v) is 4.99. The van der Waals surface area contributed by atoms with E-state index in [-0.39, 0.29) is 0 Å². The van der Waals surface area contributed by atoms with Gasteiger partial charge in [-0.25, -0.2) is 0 Å². The fraction of sp³-hybridized carbons (Fsp3) is 0.667. The Hall–Kier alpha value is -1.23. The number of fused-ring (bicyclic) bond motifs is 1. The predicted octanol–water partition coefficient (Wildman–Crippen LogP) is -0.167. The minimum absolute atomic E-state index is 0.689. The Morgan fingerprint density at radius 2 is 2.43 bits per heavy atom. The normalized spacial score (nSPS) is 30.5. The fourth-order valence-corrected chi connectivity index (χ4v) is 2.36. The molecule has 2 heterocycles. The van der Waals surface area contributed by atoms with Crippen molar-refractivity contribution < 1.29 is 0 Å². The van der Waals surface area contributed by atoms with Gasteiger partial charge in [0.1, 0.15) is 0 Å². The Bertz CT molecular complexity index is 380. The second-order valence-corrected chi connectivity index (χ2v) is 4.08. The zero-order chi connectivity index (χ0) is 9.54. The molecule has 1 aliphatic heterocycles. The Morgan fingerprint density at radius 1 is 1.50 bits per heavy atom. The van der Waals surface area contributed by atoms with Crippen LogP contribution in [0, 0.1) is 11.8 Å². The number of nitrogens with one attached hydrogen (secondary N) is 1. The number of tetrazole rings is 1. The zero-order valence-electron chi connectivity index (χ0n) is 8.14. The Morgan fingerprint density at radius 3 is 3.14 bits per heavy atom. The van der Waals surface area contributed by atoms with Gasteiger partial charge in [-0.05, 0) is 35.6 Å². The standard InChI is InChI=1S/C9H13N5/c1-14-12-9(11-13-14)6-2-7-4-10-5-8(7)3-6/h2,7-8,10H,3-5H2,1H3. The first-order chi connectivity index (χ1) is 6.83. The molecule has 1 aromatic heterocycles. The molecule has 1 fully saturated rings. The van der Waals surface area contributed by atoms with Crippen LogP contribution in [0.1, 0.15) is 12.2 Å². The van der Waals surface area contributed by atoms with E-state index in [9.17, 15) is 0 Å². The molecule has 0 saturated carbocycles. The highest BCUT2D eigenvalue weighted by atomic mass is 15.6. The lowest BCUT2D eigenvalue weighted by Gasteiger charge is -2.03. The molecule has 74 valence electrons. The Labute approximate surface area is 82.2 Å². The van der Waals surface area contributed by atoms with Gasteiger partial charge >= 0.3 is 0 Å². The highest BCUT2D eigenvalue weighted by molar-refractivity contribution is 5.62. The topological polar surface area (TPSA) is 55.6 Å². The van der Waals surface area contributed by atoms with Crippen molar-refractivity contribution >= 4 is 5.57 Å². The quantitative estimate of drug-likeness (QED) is 0.669. The van der Waals surface area contributed by atoms with E-state index in [0.717, 1.165) is 31.3 Å². The second-order valence-electron chi connectivity index (χ2n) is 4.08. The summed E-state index contributed by atoms with van der Waals surface area (Å²) in [7, 11) is 1.80. The molecular weight excluding hydrogens is 178 g/mol. The summed E-state index contributed by atoms with van der Waals surface area (Å²) >= 11 is 0. The Kier molecular flexibility index (Phi) is 1.67. The van der Waals surface area contributed by atoms with Gasteiger partial charge < -0.3 is 5.32 Å². The van der Waals surface area contributed by atoms with Gasteiger partial charge in [-0.15, -0.1) is 10.2 Å². The molecule has 1 aromatic rings. The number of aryl methyl sites for hydroxylation is 1. The molecule has 1 saturated heterocycles. The van der Waals surface area contributed by atoms with Crippen LogP contribution in [0.25, 0.3) is 5.57 Å². The molecule has 2 atom stereocenters. The lowest BCUT2D eigenvalue weighted by molar-refractivity contribution is 0.536. The van der Waals surface area contributed by atoms with Crippen molar-refractivity contribution in [2.45, 2.75) is 6.42 Å². The predicted molar refractivity (Wildman–Crippen MR) is 51.2 cm³/mol. The highest BCUT2D eigenvalue weighted by Crippen LogP contribution is 2.36. The lowest BCUT2D eigenvalue weighted by atomic mass is 10.00. The molecule has 0 bridgehead atoms. The third-order valence-corrected chi connectivity index (χ3v) is 3.08. The molecule has 1 N–H and O–H groups in total. The van der Waals surface area contributed by atoms with Crippen LogP contribution in [0.15, 0.2) is 6.08 Å².